The van der Waals surface area contributed by atoms with E-state index in [-0.39, 0.29) is 18.3 Å². The number of ether oxygens (including phenoxy) is 2. The summed E-state index contributed by atoms with van der Waals surface area (Å²) in [5, 5.41) is 2.75. The highest BCUT2D eigenvalue weighted by atomic mass is 16.6. The van der Waals surface area contributed by atoms with Gasteiger partial charge in [-0.1, -0.05) is 48.0 Å². The van der Waals surface area contributed by atoms with Crippen molar-refractivity contribution in [1.29, 1.82) is 0 Å². The van der Waals surface area contributed by atoms with Gasteiger partial charge in [0.2, 0.25) is 5.76 Å². The molecule has 0 fully saturated rings. The van der Waals surface area contributed by atoms with Crippen LogP contribution >= 0.6 is 0 Å². The van der Waals surface area contributed by atoms with Crippen LogP contribution < -0.4 is 10.1 Å². The van der Waals surface area contributed by atoms with Crippen LogP contribution in [0, 0.1) is 6.92 Å². The summed E-state index contributed by atoms with van der Waals surface area (Å²) in [5.41, 5.74) is 2.12. The lowest BCUT2D eigenvalue weighted by atomic mass is 10.1. The standard InChI is InChI=1S/C23H23NO5/c1-16-8-10-18(11-9-16)14-24-22(25)17(2)28-23(26)21-13-12-20(29-21)15-27-19-6-4-3-5-7-19/h3-13,17H,14-15H2,1-2H3,(H,24,25)/t17-/m0/s1. The Morgan fingerprint density at radius 1 is 1.00 bits per heavy atom. The Morgan fingerprint density at radius 3 is 2.45 bits per heavy atom. The zero-order valence-electron chi connectivity index (χ0n) is 16.4. The van der Waals surface area contributed by atoms with Crippen molar-refractivity contribution < 1.29 is 23.5 Å². The third-order valence-electron chi connectivity index (χ3n) is 4.23. The molecule has 6 nitrogen and oxygen atoms in total. The summed E-state index contributed by atoms with van der Waals surface area (Å²) in [6.45, 7) is 4.06. The molecule has 0 saturated carbocycles. The van der Waals surface area contributed by atoms with Gasteiger partial charge in [0, 0.05) is 6.54 Å². The molecule has 1 heterocycles. The van der Waals surface area contributed by atoms with Gasteiger partial charge in [-0.3, -0.25) is 4.79 Å². The lowest BCUT2D eigenvalue weighted by molar-refractivity contribution is -0.129. The number of furan rings is 1. The summed E-state index contributed by atoms with van der Waals surface area (Å²) >= 11 is 0. The van der Waals surface area contributed by atoms with Crippen molar-refractivity contribution in [2.45, 2.75) is 33.1 Å². The zero-order valence-corrected chi connectivity index (χ0v) is 16.4. The van der Waals surface area contributed by atoms with E-state index >= 15 is 0 Å². The van der Waals surface area contributed by atoms with Crippen LogP contribution in [0.4, 0.5) is 0 Å². The number of hydrogen-bond donors (Lipinski definition) is 1. The summed E-state index contributed by atoms with van der Waals surface area (Å²) in [5.74, 6) is 0.131. The molecule has 0 bridgehead atoms. The summed E-state index contributed by atoms with van der Waals surface area (Å²) < 4.78 is 16.2. The number of aryl methyl sites for hydroxylation is 1. The summed E-state index contributed by atoms with van der Waals surface area (Å²) in [4.78, 5) is 24.4. The van der Waals surface area contributed by atoms with Crippen LogP contribution in [0.15, 0.2) is 71.1 Å². The third-order valence-corrected chi connectivity index (χ3v) is 4.23. The first-order chi connectivity index (χ1) is 14.0. The molecule has 0 saturated heterocycles. The maximum atomic E-state index is 12.2. The first kappa shape index (κ1) is 20.2. The van der Waals surface area contributed by atoms with Crippen molar-refractivity contribution in [3.05, 3.63) is 89.4 Å². The largest absolute Gasteiger partial charge is 0.486 e. The second-order valence-corrected chi connectivity index (χ2v) is 6.62. The Labute approximate surface area is 169 Å². The van der Waals surface area contributed by atoms with E-state index in [1.807, 2.05) is 61.5 Å². The number of carbonyl (C=O) groups excluding carboxylic acids is 2. The number of nitrogens with one attached hydrogen (secondary N) is 1. The number of para-hydroxylation sites is 1. The SMILES string of the molecule is Cc1ccc(CNC(=O)[C@H](C)OC(=O)c2ccc(COc3ccccc3)o2)cc1. The molecule has 150 valence electrons. The molecule has 2 aromatic carbocycles. The molecule has 29 heavy (non-hydrogen) atoms. The molecule has 0 aliphatic rings. The highest BCUT2D eigenvalue weighted by Crippen LogP contribution is 2.15. The van der Waals surface area contributed by atoms with Crippen molar-refractivity contribution in [3.63, 3.8) is 0 Å². The Hall–Kier alpha value is -3.54. The molecule has 0 radical (unpaired) electrons. The van der Waals surface area contributed by atoms with Gasteiger partial charge in [-0.25, -0.2) is 4.79 Å². The molecular weight excluding hydrogens is 370 g/mol. The second-order valence-electron chi connectivity index (χ2n) is 6.62. The van der Waals surface area contributed by atoms with Gasteiger partial charge in [-0.15, -0.1) is 0 Å². The van der Waals surface area contributed by atoms with Crippen molar-refractivity contribution in [2.24, 2.45) is 0 Å². The van der Waals surface area contributed by atoms with Gasteiger partial charge in [-0.2, -0.15) is 0 Å². The number of esters is 1. The fraction of sp³-hybridized carbons (Fsp3) is 0.217. The molecule has 0 aliphatic carbocycles. The highest BCUT2D eigenvalue weighted by molar-refractivity contribution is 5.90. The van der Waals surface area contributed by atoms with E-state index in [4.69, 9.17) is 13.9 Å². The lowest BCUT2D eigenvalue weighted by Crippen LogP contribution is -2.35. The van der Waals surface area contributed by atoms with Gasteiger partial charge in [0.1, 0.15) is 18.1 Å². The number of carbonyl (C=O) groups is 2. The molecule has 1 amide bonds. The molecule has 0 unspecified atom stereocenters. The van der Waals surface area contributed by atoms with Crippen LogP contribution in [0.3, 0.4) is 0 Å². The number of benzene rings is 2. The summed E-state index contributed by atoms with van der Waals surface area (Å²) in [6, 6.07) is 20.3. The molecule has 1 aromatic heterocycles. The normalized spacial score (nSPS) is 11.5. The van der Waals surface area contributed by atoms with Crippen LogP contribution in [0.1, 0.15) is 34.4 Å². The molecule has 1 N–H and O–H groups in total. The van der Waals surface area contributed by atoms with E-state index in [0.717, 1.165) is 11.1 Å². The predicted octanol–water partition coefficient (Wildman–Crippen LogP) is 4.03. The smallest absolute Gasteiger partial charge is 0.375 e. The van der Waals surface area contributed by atoms with E-state index in [1.165, 1.54) is 13.0 Å². The Bertz CT molecular complexity index is 947. The average Bonchev–Trinajstić information content (AvgIpc) is 3.21. The van der Waals surface area contributed by atoms with Crippen molar-refractivity contribution in [3.8, 4) is 5.75 Å². The van der Waals surface area contributed by atoms with Gasteiger partial charge in [0.15, 0.2) is 6.10 Å². The lowest BCUT2D eigenvalue weighted by Gasteiger charge is -2.13. The second kappa shape index (κ2) is 9.59. The van der Waals surface area contributed by atoms with Gasteiger partial charge in [0.25, 0.3) is 5.91 Å². The van der Waals surface area contributed by atoms with Gasteiger partial charge < -0.3 is 19.2 Å². The van der Waals surface area contributed by atoms with E-state index in [1.54, 1.807) is 6.07 Å². The first-order valence-corrected chi connectivity index (χ1v) is 9.32. The molecule has 3 aromatic rings. The zero-order chi connectivity index (χ0) is 20.6. The molecule has 6 heteroatoms. The molecular formula is C23H23NO5. The van der Waals surface area contributed by atoms with E-state index in [2.05, 4.69) is 5.32 Å². The highest BCUT2D eigenvalue weighted by Gasteiger charge is 2.21. The molecule has 0 spiro atoms. The maximum Gasteiger partial charge on any atom is 0.375 e. The van der Waals surface area contributed by atoms with Crippen LogP contribution in [0.5, 0.6) is 5.75 Å². The first-order valence-electron chi connectivity index (χ1n) is 9.32. The fourth-order valence-corrected chi connectivity index (χ4v) is 2.55. The minimum atomic E-state index is -0.943. The Morgan fingerprint density at radius 2 is 1.72 bits per heavy atom. The van der Waals surface area contributed by atoms with Crippen molar-refractivity contribution >= 4 is 11.9 Å². The number of amides is 1. The Kier molecular flexibility index (Phi) is 6.68. The quantitative estimate of drug-likeness (QED) is 0.585. The molecule has 3 rings (SSSR count). The van der Waals surface area contributed by atoms with E-state index < -0.39 is 12.1 Å². The van der Waals surface area contributed by atoms with Crippen LogP contribution in [0.2, 0.25) is 0 Å². The molecule has 0 aliphatic heterocycles. The van der Waals surface area contributed by atoms with Gasteiger partial charge in [-0.05, 0) is 43.7 Å². The number of hydrogen-bond acceptors (Lipinski definition) is 5. The van der Waals surface area contributed by atoms with Crippen LogP contribution in [-0.2, 0) is 22.7 Å². The molecule has 1 atom stereocenters. The maximum absolute atomic E-state index is 12.2. The predicted molar refractivity (Wildman–Crippen MR) is 107 cm³/mol. The fourth-order valence-electron chi connectivity index (χ4n) is 2.55. The topological polar surface area (TPSA) is 77.8 Å². The average molecular weight is 393 g/mol. The minimum absolute atomic E-state index is 0.0230. The third kappa shape index (κ3) is 5.97. The van der Waals surface area contributed by atoms with Gasteiger partial charge >= 0.3 is 5.97 Å². The minimum Gasteiger partial charge on any atom is -0.486 e. The Balaban J connectivity index is 1.47. The monoisotopic (exact) mass is 393 g/mol. The summed E-state index contributed by atoms with van der Waals surface area (Å²) in [6.07, 6.45) is -0.943. The summed E-state index contributed by atoms with van der Waals surface area (Å²) in [7, 11) is 0. The van der Waals surface area contributed by atoms with Crippen LogP contribution in [-0.4, -0.2) is 18.0 Å². The number of rotatable bonds is 8. The van der Waals surface area contributed by atoms with Crippen molar-refractivity contribution in [1.82, 2.24) is 5.32 Å². The van der Waals surface area contributed by atoms with Gasteiger partial charge in [0.05, 0.1) is 0 Å². The van der Waals surface area contributed by atoms with Crippen LogP contribution in [0.25, 0.3) is 0 Å². The van der Waals surface area contributed by atoms with E-state index in [0.29, 0.717) is 18.1 Å². The van der Waals surface area contributed by atoms with Crippen molar-refractivity contribution in [2.75, 3.05) is 0 Å². The van der Waals surface area contributed by atoms with E-state index in [9.17, 15) is 9.59 Å².